The lowest BCUT2D eigenvalue weighted by molar-refractivity contribution is -0.127. The Balaban J connectivity index is 1.83. The van der Waals surface area contributed by atoms with Gasteiger partial charge in [-0.1, -0.05) is 5.16 Å². The van der Waals surface area contributed by atoms with Gasteiger partial charge in [0.05, 0.1) is 13.2 Å². The van der Waals surface area contributed by atoms with Gasteiger partial charge >= 0.3 is 0 Å². The van der Waals surface area contributed by atoms with Gasteiger partial charge in [-0.2, -0.15) is 4.98 Å². The summed E-state index contributed by atoms with van der Waals surface area (Å²) in [7, 11) is 0. The summed E-state index contributed by atoms with van der Waals surface area (Å²) < 4.78 is 10.5. The van der Waals surface area contributed by atoms with Gasteiger partial charge in [-0.15, -0.1) is 11.8 Å². The van der Waals surface area contributed by atoms with Gasteiger partial charge in [-0.3, -0.25) is 4.79 Å². The Morgan fingerprint density at radius 2 is 2.10 bits per heavy atom. The molecule has 0 spiro atoms. The average molecular weight is 290 g/mol. The van der Waals surface area contributed by atoms with Crippen molar-refractivity contribution >= 4 is 17.5 Å². The number of ether oxygens (including phenoxy) is 1. The van der Waals surface area contributed by atoms with Crippen LogP contribution < -0.4 is 0 Å². The van der Waals surface area contributed by atoms with E-state index in [1.54, 1.807) is 11.8 Å². The van der Waals surface area contributed by atoms with Crippen molar-refractivity contribution in [1.82, 2.24) is 10.1 Å². The molecule has 0 amide bonds. The van der Waals surface area contributed by atoms with Crippen LogP contribution in [0.5, 0.6) is 0 Å². The second kappa shape index (κ2) is 5.76. The lowest BCUT2D eigenvalue weighted by Crippen LogP contribution is -2.25. The molecule has 1 unspecified atom stereocenters. The first kappa shape index (κ1) is 13.3. The summed E-state index contributed by atoms with van der Waals surface area (Å²) in [5.41, 5.74) is 0.877. The molecule has 0 N–H and O–H groups in total. The molecule has 1 atom stereocenters. The first-order chi connectivity index (χ1) is 9.78. The summed E-state index contributed by atoms with van der Waals surface area (Å²) in [4.78, 5) is 17.3. The number of hydrogen-bond acceptors (Lipinski definition) is 6. The molecule has 1 aliphatic heterocycles. The van der Waals surface area contributed by atoms with Crippen LogP contribution in [0.2, 0.25) is 0 Å². The maximum absolute atomic E-state index is 11.8. The number of ketones is 1. The molecule has 6 heteroatoms. The van der Waals surface area contributed by atoms with E-state index in [1.807, 2.05) is 30.5 Å². The van der Waals surface area contributed by atoms with Gasteiger partial charge in [-0.25, -0.2) is 0 Å². The van der Waals surface area contributed by atoms with E-state index in [0.29, 0.717) is 31.3 Å². The van der Waals surface area contributed by atoms with E-state index >= 15 is 0 Å². The molecular weight excluding hydrogens is 276 g/mol. The number of thioether (sulfide) groups is 1. The number of Topliss-reactive ketones (excluding diaryl/α,β-unsaturated/α-hetero) is 1. The van der Waals surface area contributed by atoms with Crippen LogP contribution in [0.3, 0.4) is 0 Å². The van der Waals surface area contributed by atoms with Crippen LogP contribution in [0.1, 0.15) is 18.2 Å². The fourth-order valence-electron chi connectivity index (χ4n) is 2.08. The second-order valence-electron chi connectivity index (χ2n) is 4.53. The van der Waals surface area contributed by atoms with Crippen LogP contribution in [0, 0.1) is 0 Å². The highest BCUT2D eigenvalue weighted by atomic mass is 32.2. The summed E-state index contributed by atoms with van der Waals surface area (Å²) in [5, 5.41) is 3.95. The highest BCUT2D eigenvalue weighted by molar-refractivity contribution is 7.98. The van der Waals surface area contributed by atoms with E-state index in [1.165, 1.54) is 4.90 Å². The molecule has 5 nitrogen and oxygen atoms in total. The zero-order chi connectivity index (χ0) is 13.9. The SMILES string of the molecule is CSc1ccc(-c2noc(C3COCCC3=O)n2)cc1. The minimum Gasteiger partial charge on any atom is -0.380 e. The van der Waals surface area contributed by atoms with Crippen molar-refractivity contribution in [1.29, 1.82) is 0 Å². The predicted octanol–water partition coefficient (Wildman–Crippen LogP) is 2.53. The maximum atomic E-state index is 11.8. The predicted molar refractivity (Wildman–Crippen MR) is 74.7 cm³/mol. The van der Waals surface area contributed by atoms with Crippen LogP contribution in [0.25, 0.3) is 11.4 Å². The van der Waals surface area contributed by atoms with Crippen molar-refractivity contribution in [2.24, 2.45) is 0 Å². The number of carbonyl (C=O) groups excluding carboxylic acids is 1. The molecule has 20 heavy (non-hydrogen) atoms. The molecule has 2 aromatic rings. The van der Waals surface area contributed by atoms with E-state index < -0.39 is 5.92 Å². The van der Waals surface area contributed by atoms with Gasteiger partial charge in [0.15, 0.2) is 0 Å². The normalized spacial score (nSPS) is 19.2. The van der Waals surface area contributed by atoms with Crippen molar-refractivity contribution in [3.05, 3.63) is 30.2 Å². The molecule has 1 aromatic carbocycles. The second-order valence-corrected chi connectivity index (χ2v) is 5.41. The molecule has 0 aliphatic carbocycles. The fourth-order valence-corrected chi connectivity index (χ4v) is 2.49. The third-order valence-corrected chi connectivity index (χ3v) is 4.00. The van der Waals surface area contributed by atoms with E-state index in [-0.39, 0.29) is 5.78 Å². The quantitative estimate of drug-likeness (QED) is 0.809. The van der Waals surface area contributed by atoms with Crippen LogP contribution in [0.4, 0.5) is 0 Å². The first-order valence-electron chi connectivity index (χ1n) is 6.36. The number of benzene rings is 1. The fraction of sp³-hybridized carbons (Fsp3) is 0.357. The molecule has 0 saturated carbocycles. The zero-order valence-electron chi connectivity index (χ0n) is 11.0. The first-order valence-corrected chi connectivity index (χ1v) is 7.59. The highest BCUT2D eigenvalue weighted by Gasteiger charge is 2.29. The number of carbonyl (C=O) groups is 1. The van der Waals surface area contributed by atoms with Crippen molar-refractivity contribution in [2.45, 2.75) is 17.2 Å². The Hall–Kier alpha value is -1.66. The Labute approximate surface area is 120 Å². The molecule has 0 radical (unpaired) electrons. The van der Waals surface area contributed by atoms with Gasteiger partial charge in [0.25, 0.3) is 0 Å². The minimum atomic E-state index is -0.421. The lowest BCUT2D eigenvalue weighted by Gasteiger charge is -2.16. The van der Waals surface area contributed by atoms with Gasteiger partial charge in [-0.05, 0) is 30.5 Å². The monoisotopic (exact) mass is 290 g/mol. The van der Waals surface area contributed by atoms with Crippen molar-refractivity contribution in [2.75, 3.05) is 19.5 Å². The summed E-state index contributed by atoms with van der Waals surface area (Å²) in [6.45, 7) is 0.804. The zero-order valence-corrected chi connectivity index (χ0v) is 11.9. The van der Waals surface area contributed by atoms with Crippen LogP contribution in [-0.4, -0.2) is 35.4 Å². The van der Waals surface area contributed by atoms with Crippen LogP contribution in [-0.2, 0) is 9.53 Å². The Bertz CT molecular complexity index is 609. The maximum Gasteiger partial charge on any atom is 0.239 e. The summed E-state index contributed by atoms with van der Waals surface area (Å²) in [6, 6.07) is 7.90. The van der Waals surface area contributed by atoms with E-state index in [4.69, 9.17) is 9.26 Å². The summed E-state index contributed by atoms with van der Waals surface area (Å²) in [6.07, 6.45) is 2.43. The van der Waals surface area contributed by atoms with Crippen LogP contribution >= 0.6 is 11.8 Å². The number of hydrogen-bond donors (Lipinski definition) is 0. The smallest absolute Gasteiger partial charge is 0.239 e. The van der Waals surface area contributed by atoms with Crippen LogP contribution in [0.15, 0.2) is 33.7 Å². The van der Waals surface area contributed by atoms with Gasteiger partial charge < -0.3 is 9.26 Å². The Morgan fingerprint density at radius 3 is 2.80 bits per heavy atom. The molecule has 3 rings (SSSR count). The lowest BCUT2D eigenvalue weighted by atomic mass is 10.0. The van der Waals surface area contributed by atoms with Crippen molar-refractivity contribution in [3.63, 3.8) is 0 Å². The summed E-state index contributed by atoms with van der Waals surface area (Å²) in [5.74, 6) is 0.532. The molecule has 1 aromatic heterocycles. The van der Waals surface area contributed by atoms with E-state index in [2.05, 4.69) is 10.1 Å². The molecule has 1 aliphatic rings. The van der Waals surface area contributed by atoms with Gasteiger partial charge in [0.2, 0.25) is 11.7 Å². The molecule has 1 saturated heterocycles. The molecule has 104 valence electrons. The number of rotatable bonds is 3. The van der Waals surface area contributed by atoms with Crippen molar-refractivity contribution in [3.8, 4) is 11.4 Å². The third-order valence-electron chi connectivity index (χ3n) is 3.25. The third kappa shape index (κ3) is 2.62. The van der Waals surface area contributed by atoms with Gasteiger partial charge in [0.1, 0.15) is 11.7 Å². The van der Waals surface area contributed by atoms with Gasteiger partial charge in [0, 0.05) is 16.9 Å². The molecule has 1 fully saturated rings. The molecular formula is C14H14N2O3S. The Kier molecular flexibility index (Phi) is 3.84. The van der Waals surface area contributed by atoms with E-state index in [0.717, 1.165) is 5.56 Å². The number of nitrogens with zero attached hydrogens (tertiary/aromatic N) is 2. The summed E-state index contributed by atoms with van der Waals surface area (Å²) >= 11 is 1.68. The Morgan fingerprint density at radius 1 is 1.30 bits per heavy atom. The van der Waals surface area contributed by atoms with Crippen molar-refractivity contribution < 1.29 is 14.1 Å². The topological polar surface area (TPSA) is 65.2 Å². The molecule has 0 bridgehead atoms. The largest absolute Gasteiger partial charge is 0.380 e. The number of aromatic nitrogens is 2. The standard InChI is InChI=1S/C14H14N2O3S/c1-20-10-4-2-9(3-5-10)13-15-14(19-16-13)11-8-18-7-6-12(11)17/h2-5,11H,6-8H2,1H3. The highest BCUT2D eigenvalue weighted by Crippen LogP contribution is 2.25. The molecule has 2 heterocycles. The van der Waals surface area contributed by atoms with E-state index in [9.17, 15) is 4.79 Å². The average Bonchev–Trinajstić information content (AvgIpc) is 2.97. The minimum absolute atomic E-state index is 0.101.